The van der Waals surface area contributed by atoms with Crippen molar-refractivity contribution < 1.29 is 13.3 Å². The fourth-order valence-corrected chi connectivity index (χ4v) is 2.63. The summed E-state index contributed by atoms with van der Waals surface area (Å²) in [5.41, 5.74) is -0.517. The fourth-order valence-electron chi connectivity index (χ4n) is 1.43. The Morgan fingerprint density at radius 1 is 1.25 bits per heavy atom. The second kappa shape index (κ2) is 5.43. The average Bonchev–Trinajstić information content (AvgIpc) is 2.41. The zero-order valence-electron chi connectivity index (χ0n) is 9.86. The third-order valence-corrected chi connectivity index (χ3v) is 3.88. The van der Waals surface area contributed by atoms with E-state index in [1.54, 1.807) is 6.07 Å². The molecule has 0 aliphatic rings. The van der Waals surface area contributed by atoms with Crippen molar-refractivity contribution >= 4 is 33.1 Å². The molecule has 1 heterocycles. The number of anilines is 1. The van der Waals surface area contributed by atoms with Crippen molar-refractivity contribution in [2.24, 2.45) is 0 Å². The van der Waals surface area contributed by atoms with Crippen molar-refractivity contribution in [1.29, 1.82) is 0 Å². The van der Waals surface area contributed by atoms with Gasteiger partial charge in [-0.15, -0.1) is 0 Å². The summed E-state index contributed by atoms with van der Waals surface area (Å²) in [6.45, 7) is 0. The van der Waals surface area contributed by atoms with Crippen LogP contribution in [0.2, 0.25) is 5.02 Å². The van der Waals surface area contributed by atoms with Gasteiger partial charge in [0.1, 0.15) is 0 Å². The lowest BCUT2D eigenvalue weighted by Crippen LogP contribution is -2.15. The molecule has 0 aliphatic heterocycles. The van der Waals surface area contributed by atoms with Crippen molar-refractivity contribution in [3.05, 3.63) is 57.7 Å². The number of sulfonamides is 1. The predicted octanol–water partition coefficient (Wildman–Crippen LogP) is 2.44. The summed E-state index contributed by atoms with van der Waals surface area (Å²) in [7, 11) is -3.94. The van der Waals surface area contributed by atoms with E-state index in [4.69, 9.17) is 11.6 Å². The van der Waals surface area contributed by atoms with Gasteiger partial charge in [0.05, 0.1) is 14.8 Å². The van der Waals surface area contributed by atoms with Crippen LogP contribution in [0.25, 0.3) is 0 Å². The van der Waals surface area contributed by atoms with Gasteiger partial charge in [-0.2, -0.15) is 0 Å². The molecule has 9 heteroatoms. The van der Waals surface area contributed by atoms with E-state index in [2.05, 4.69) is 9.71 Å². The standard InChI is InChI=1S/C11H8ClN3O4S/c12-8-6-10(15(16)17)11(13-7-8)14-20(18,19)9-4-2-1-3-5-9/h1-7H,(H,13,14). The molecule has 0 radical (unpaired) electrons. The maximum Gasteiger partial charge on any atom is 0.313 e. The van der Waals surface area contributed by atoms with E-state index in [-0.39, 0.29) is 15.7 Å². The quantitative estimate of drug-likeness (QED) is 0.690. The Morgan fingerprint density at radius 3 is 2.50 bits per heavy atom. The highest BCUT2D eigenvalue weighted by Crippen LogP contribution is 2.27. The number of hydrogen-bond acceptors (Lipinski definition) is 5. The van der Waals surface area contributed by atoms with E-state index >= 15 is 0 Å². The maximum atomic E-state index is 12.1. The molecule has 0 bridgehead atoms. The molecule has 20 heavy (non-hydrogen) atoms. The molecule has 0 aliphatic carbocycles. The van der Waals surface area contributed by atoms with Crippen molar-refractivity contribution in [3.8, 4) is 0 Å². The third kappa shape index (κ3) is 3.03. The van der Waals surface area contributed by atoms with E-state index < -0.39 is 20.6 Å². The monoisotopic (exact) mass is 313 g/mol. The minimum absolute atomic E-state index is 0.0222. The molecule has 0 saturated carbocycles. The van der Waals surface area contributed by atoms with Crippen LogP contribution in [-0.4, -0.2) is 18.3 Å². The number of pyridine rings is 1. The molecule has 1 N–H and O–H groups in total. The molecular formula is C11H8ClN3O4S. The van der Waals surface area contributed by atoms with Crippen LogP contribution < -0.4 is 4.72 Å². The maximum absolute atomic E-state index is 12.1. The van der Waals surface area contributed by atoms with Gasteiger partial charge in [0.2, 0.25) is 5.82 Å². The van der Waals surface area contributed by atoms with Crippen LogP contribution in [0.3, 0.4) is 0 Å². The zero-order chi connectivity index (χ0) is 14.8. The van der Waals surface area contributed by atoms with Crippen molar-refractivity contribution in [2.75, 3.05) is 4.72 Å². The fraction of sp³-hybridized carbons (Fsp3) is 0. The lowest BCUT2D eigenvalue weighted by atomic mass is 10.4. The number of halogens is 1. The first-order chi connectivity index (χ1) is 9.40. The highest BCUT2D eigenvalue weighted by atomic mass is 35.5. The molecule has 0 saturated heterocycles. The van der Waals surface area contributed by atoms with E-state index in [9.17, 15) is 18.5 Å². The number of nitrogens with one attached hydrogen (secondary N) is 1. The highest BCUT2D eigenvalue weighted by molar-refractivity contribution is 7.92. The Labute approximate surface area is 119 Å². The molecule has 0 amide bonds. The van der Waals surface area contributed by atoms with Crippen LogP contribution in [-0.2, 0) is 10.0 Å². The molecule has 104 valence electrons. The molecule has 1 aromatic heterocycles. The summed E-state index contributed by atoms with van der Waals surface area (Å²) in [4.78, 5) is 13.7. The van der Waals surface area contributed by atoms with Gasteiger partial charge in [0.15, 0.2) is 0 Å². The highest BCUT2D eigenvalue weighted by Gasteiger charge is 2.22. The van der Waals surface area contributed by atoms with Gasteiger partial charge in [-0.25, -0.2) is 13.4 Å². The smallest absolute Gasteiger partial charge is 0.258 e. The molecule has 7 nitrogen and oxygen atoms in total. The lowest BCUT2D eigenvalue weighted by Gasteiger charge is -2.07. The Hall–Kier alpha value is -2.19. The van der Waals surface area contributed by atoms with Crippen LogP contribution in [0.15, 0.2) is 47.5 Å². The van der Waals surface area contributed by atoms with Gasteiger partial charge in [0.25, 0.3) is 10.0 Å². The first-order valence-electron chi connectivity index (χ1n) is 5.28. The summed E-state index contributed by atoms with van der Waals surface area (Å²) in [5.74, 6) is -0.386. The van der Waals surface area contributed by atoms with E-state index in [1.165, 1.54) is 24.3 Å². The number of hydrogen-bond donors (Lipinski definition) is 1. The van der Waals surface area contributed by atoms with Gasteiger partial charge in [-0.1, -0.05) is 29.8 Å². The molecule has 0 atom stereocenters. The summed E-state index contributed by atoms with van der Waals surface area (Å²) in [5, 5.41) is 10.9. The Kier molecular flexibility index (Phi) is 3.86. The van der Waals surface area contributed by atoms with Crippen LogP contribution in [0.1, 0.15) is 0 Å². The largest absolute Gasteiger partial charge is 0.313 e. The van der Waals surface area contributed by atoms with E-state index in [1.807, 2.05) is 0 Å². The first kappa shape index (κ1) is 14.2. The molecule has 0 fully saturated rings. The Balaban J connectivity index is 2.43. The second-order valence-corrected chi connectivity index (χ2v) is 5.82. The summed E-state index contributed by atoms with van der Waals surface area (Å²) in [6, 6.07) is 8.49. The average molecular weight is 314 g/mol. The van der Waals surface area contributed by atoms with Crippen molar-refractivity contribution in [2.45, 2.75) is 4.90 Å². The van der Waals surface area contributed by atoms with Crippen LogP contribution in [0, 0.1) is 10.1 Å². The third-order valence-electron chi connectivity index (χ3n) is 2.32. The summed E-state index contributed by atoms with van der Waals surface area (Å²) < 4.78 is 26.2. The predicted molar refractivity (Wildman–Crippen MR) is 73.2 cm³/mol. The normalized spacial score (nSPS) is 11.1. The molecular weight excluding hydrogens is 306 g/mol. The van der Waals surface area contributed by atoms with E-state index in [0.717, 1.165) is 12.3 Å². The van der Waals surface area contributed by atoms with Gasteiger partial charge in [-0.3, -0.25) is 14.8 Å². The Bertz CT molecular complexity index is 750. The van der Waals surface area contributed by atoms with Gasteiger partial charge in [-0.05, 0) is 12.1 Å². The summed E-state index contributed by atoms with van der Waals surface area (Å²) in [6.07, 6.45) is 1.12. The number of nitro groups is 1. The van der Waals surface area contributed by atoms with Gasteiger partial charge in [0, 0.05) is 12.3 Å². The summed E-state index contributed by atoms with van der Waals surface area (Å²) >= 11 is 5.60. The Morgan fingerprint density at radius 2 is 1.90 bits per heavy atom. The SMILES string of the molecule is O=[N+]([O-])c1cc(Cl)cnc1NS(=O)(=O)c1ccccc1. The number of nitrogens with zero attached hydrogens (tertiary/aromatic N) is 2. The molecule has 0 spiro atoms. The molecule has 2 aromatic rings. The number of rotatable bonds is 4. The number of aromatic nitrogens is 1. The van der Waals surface area contributed by atoms with Crippen LogP contribution in [0.4, 0.5) is 11.5 Å². The van der Waals surface area contributed by atoms with Crippen LogP contribution >= 0.6 is 11.6 Å². The topological polar surface area (TPSA) is 102 Å². The number of benzene rings is 1. The van der Waals surface area contributed by atoms with Gasteiger partial charge >= 0.3 is 5.69 Å². The lowest BCUT2D eigenvalue weighted by molar-refractivity contribution is -0.384. The second-order valence-electron chi connectivity index (χ2n) is 3.70. The van der Waals surface area contributed by atoms with E-state index in [0.29, 0.717) is 0 Å². The molecule has 2 rings (SSSR count). The zero-order valence-corrected chi connectivity index (χ0v) is 11.4. The minimum atomic E-state index is -3.94. The molecule has 1 aromatic carbocycles. The van der Waals surface area contributed by atoms with Crippen molar-refractivity contribution in [3.63, 3.8) is 0 Å². The van der Waals surface area contributed by atoms with Crippen LogP contribution in [0.5, 0.6) is 0 Å². The molecule has 0 unspecified atom stereocenters. The van der Waals surface area contributed by atoms with Crippen molar-refractivity contribution in [1.82, 2.24) is 4.98 Å². The van der Waals surface area contributed by atoms with Gasteiger partial charge < -0.3 is 0 Å². The first-order valence-corrected chi connectivity index (χ1v) is 7.14. The minimum Gasteiger partial charge on any atom is -0.258 e.